The number of rotatable bonds is 14. The second-order valence-electron chi connectivity index (χ2n) is 8.31. The Balaban J connectivity index is 2.06. The van der Waals surface area contributed by atoms with Crippen LogP contribution >= 0.6 is 0 Å². The fourth-order valence-electron chi connectivity index (χ4n) is 3.98. The molecule has 0 saturated carbocycles. The van der Waals surface area contributed by atoms with Gasteiger partial charge < -0.3 is 29.0 Å². The SMILES string of the molecule is CCOC(O)C(C#N)(CCCN(C)CCc1ccc(C(=O)OC)cc1)c1ccc(OC)c(OC)c1. The average Bonchev–Trinajstić information content (AvgIpc) is 2.89. The largest absolute Gasteiger partial charge is 0.493 e. The van der Waals surface area contributed by atoms with E-state index < -0.39 is 11.7 Å². The van der Waals surface area contributed by atoms with Crippen LogP contribution in [0.15, 0.2) is 42.5 Å². The second-order valence-corrected chi connectivity index (χ2v) is 8.31. The zero-order valence-electron chi connectivity index (χ0n) is 21.2. The highest BCUT2D eigenvalue weighted by atomic mass is 16.6. The standard InChI is InChI=1S/C27H36N2O6/c1-6-35-26(31)27(19-28,22-12-13-23(32-3)24(18-22)33-4)15-7-16-29(2)17-14-20-8-10-21(11-9-20)25(30)34-5/h8-13,18,26,31H,6-7,14-17H2,1-5H3. The number of hydrogen-bond donors (Lipinski definition) is 1. The number of carbonyl (C=O) groups is 1. The van der Waals surface area contributed by atoms with E-state index in [0.717, 1.165) is 25.1 Å². The van der Waals surface area contributed by atoms with Gasteiger partial charge in [0.05, 0.1) is 33.0 Å². The summed E-state index contributed by atoms with van der Waals surface area (Å²) in [4.78, 5) is 13.8. The summed E-state index contributed by atoms with van der Waals surface area (Å²) in [6.07, 6.45) is 0.606. The summed E-state index contributed by atoms with van der Waals surface area (Å²) >= 11 is 0. The number of hydrogen-bond acceptors (Lipinski definition) is 8. The van der Waals surface area contributed by atoms with E-state index in [4.69, 9.17) is 18.9 Å². The summed E-state index contributed by atoms with van der Waals surface area (Å²) in [6, 6.07) is 14.9. The summed E-state index contributed by atoms with van der Waals surface area (Å²) in [6.45, 7) is 3.61. The number of nitriles is 1. The molecule has 2 unspecified atom stereocenters. The Hall–Kier alpha value is -3.12. The fourth-order valence-corrected chi connectivity index (χ4v) is 3.98. The number of benzene rings is 2. The van der Waals surface area contributed by atoms with E-state index in [1.807, 2.05) is 19.2 Å². The summed E-state index contributed by atoms with van der Waals surface area (Å²) < 4.78 is 21.0. The highest BCUT2D eigenvalue weighted by Crippen LogP contribution is 2.38. The molecule has 0 aliphatic rings. The normalized spacial score (nSPS) is 13.5. The molecule has 2 aromatic carbocycles. The van der Waals surface area contributed by atoms with Crippen LogP contribution in [-0.4, -0.2) is 70.3 Å². The maximum Gasteiger partial charge on any atom is 0.337 e. The summed E-state index contributed by atoms with van der Waals surface area (Å²) in [5, 5.41) is 21.0. The molecule has 8 nitrogen and oxygen atoms in total. The van der Waals surface area contributed by atoms with E-state index in [2.05, 4.69) is 11.0 Å². The Morgan fingerprint density at radius 2 is 1.77 bits per heavy atom. The van der Waals surface area contributed by atoms with Crippen LogP contribution in [0.2, 0.25) is 0 Å². The van der Waals surface area contributed by atoms with Crippen molar-refractivity contribution in [3.05, 3.63) is 59.2 Å². The average molecular weight is 485 g/mol. The van der Waals surface area contributed by atoms with Crippen molar-refractivity contribution < 1.29 is 28.8 Å². The van der Waals surface area contributed by atoms with Crippen molar-refractivity contribution >= 4 is 5.97 Å². The zero-order chi connectivity index (χ0) is 25.8. The van der Waals surface area contributed by atoms with Crippen molar-refractivity contribution in [2.75, 3.05) is 48.1 Å². The summed E-state index contributed by atoms with van der Waals surface area (Å²) in [7, 11) is 6.47. The Morgan fingerprint density at radius 3 is 2.34 bits per heavy atom. The van der Waals surface area contributed by atoms with E-state index in [9.17, 15) is 15.2 Å². The van der Waals surface area contributed by atoms with Crippen LogP contribution in [0.5, 0.6) is 11.5 Å². The quantitative estimate of drug-likeness (QED) is 0.321. The zero-order valence-corrected chi connectivity index (χ0v) is 21.2. The number of methoxy groups -OCH3 is 3. The van der Waals surface area contributed by atoms with Crippen molar-refractivity contribution in [2.24, 2.45) is 0 Å². The lowest BCUT2D eigenvalue weighted by molar-refractivity contribution is -0.131. The van der Waals surface area contributed by atoms with Crippen LogP contribution in [0.4, 0.5) is 0 Å². The molecule has 8 heteroatoms. The van der Waals surface area contributed by atoms with Gasteiger partial charge in [0.15, 0.2) is 17.8 Å². The van der Waals surface area contributed by atoms with Crippen LogP contribution in [0.3, 0.4) is 0 Å². The van der Waals surface area contributed by atoms with Gasteiger partial charge in [-0.2, -0.15) is 5.26 Å². The highest BCUT2D eigenvalue weighted by Gasteiger charge is 2.41. The molecular formula is C27H36N2O6. The van der Waals surface area contributed by atoms with E-state index >= 15 is 0 Å². The molecule has 0 saturated heterocycles. The molecule has 2 atom stereocenters. The second kappa shape index (κ2) is 13.7. The van der Waals surface area contributed by atoms with Crippen LogP contribution < -0.4 is 9.47 Å². The molecule has 0 heterocycles. The van der Waals surface area contributed by atoms with Gasteiger partial charge in [0.1, 0.15) is 5.41 Å². The molecule has 0 aliphatic heterocycles. The van der Waals surface area contributed by atoms with E-state index in [1.54, 1.807) is 44.4 Å². The van der Waals surface area contributed by atoms with Gasteiger partial charge in [0.2, 0.25) is 0 Å². The molecule has 2 aromatic rings. The molecule has 0 aromatic heterocycles. The van der Waals surface area contributed by atoms with Gasteiger partial charge >= 0.3 is 5.97 Å². The monoisotopic (exact) mass is 484 g/mol. The lowest BCUT2D eigenvalue weighted by Gasteiger charge is -2.32. The first-order valence-electron chi connectivity index (χ1n) is 11.6. The molecule has 0 spiro atoms. The number of esters is 1. The van der Waals surface area contributed by atoms with Crippen molar-refractivity contribution in [3.63, 3.8) is 0 Å². The van der Waals surface area contributed by atoms with Crippen molar-refractivity contribution in [2.45, 2.75) is 37.9 Å². The van der Waals surface area contributed by atoms with Crippen molar-refractivity contribution in [1.82, 2.24) is 4.90 Å². The van der Waals surface area contributed by atoms with Gasteiger partial charge in [-0.05, 0) is 75.2 Å². The smallest absolute Gasteiger partial charge is 0.337 e. The fraction of sp³-hybridized carbons (Fsp3) is 0.481. The van der Waals surface area contributed by atoms with Gasteiger partial charge in [0.25, 0.3) is 0 Å². The number of likely N-dealkylation sites (N-methyl/N-ethyl adjacent to an activating group) is 1. The molecule has 0 bridgehead atoms. The van der Waals surface area contributed by atoms with Gasteiger partial charge in [0, 0.05) is 13.2 Å². The van der Waals surface area contributed by atoms with Gasteiger partial charge in [-0.1, -0.05) is 18.2 Å². The molecule has 0 amide bonds. The molecule has 0 aliphatic carbocycles. The third-order valence-electron chi connectivity index (χ3n) is 6.11. The third kappa shape index (κ3) is 7.18. The van der Waals surface area contributed by atoms with E-state index in [-0.39, 0.29) is 12.6 Å². The van der Waals surface area contributed by atoms with Crippen LogP contribution in [0.25, 0.3) is 0 Å². The predicted octanol–water partition coefficient (Wildman–Crippen LogP) is 3.56. The Morgan fingerprint density at radius 1 is 1.09 bits per heavy atom. The first-order chi connectivity index (χ1) is 16.8. The van der Waals surface area contributed by atoms with Crippen LogP contribution in [0, 0.1) is 11.3 Å². The number of ether oxygens (including phenoxy) is 4. The first-order valence-corrected chi connectivity index (χ1v) is 11.6. The molecule has 190 valence electrons. The van der Waals surface area contributed by atoms with Gasteiger partial charge in [-0.15, -0.1) is 0 Å². The predicted molar refractivity (Wildman–Crippen MR) is 133 cm³/mol. The topological polar surface area (TPSA) is 101 Å². The van der Waals surface area contributed by atoms with Crippen molar-refractivity contribution in [3.8, 4) is 17.6 Å². The Bertz CT molecular complexity index is 988. The molecule has 0 radical (unpaired) electrons. The van der Waals surface area contributed by atoms with Crippen LogP contribution in [-0.2, 0) is 21.3 Å². The lowest BCUT2D eigenvalue weighted by atomic mass is 9.77. The van der Waals surface area contributed by atoms with E-state index in [0.29, 0.717) is 35.5 Å². The minimum atomic E-state index is -1.28. The first kappa shape index (κ1) is 28.1. The van der Waals surface area contributed by atoms with Gasteiger partial charge in [-0.3, -0.25) is 0 Å². The Kier molecular flexibility index (Phi) is 11.0. The number of aliphatic hydroxyl groups is 1. The molecular weight excluding hydrogens is 448 g/mol. The number of nitrogens with zero attached hydrogens (tertiary/aromatic N) is 2. The molecule has 0 fully saturated rings. The maximum atomic E-state index is 11.6. The summed E-state index contributed by atoms with van der Waals surface area (Å²) in [5.41, 5.74) is 1.01. The minimum absolute atomic E-state index is 0.284. The molecule has 1 N–H and O–H groups in total. The Labute approximate surface area is 208 Å². The highest BCUT2D eigenvalue weighted by molar-refractivity contribution is 5.89. The molecule has 2 rings (SSSR count). The van der Waals surface area contributed by atoms with Crippen molar-refractivity contribution in [1.29, 1.82) is 5.26 Å². The maximum absolute atomic E-state index is 11.6. The molecule has 35 heavy (non-hydrogen) atoms. The third-order valence-corrected chi connectivity index (χ3v) is 6.11. The minimum Gasteiger partial charge on any atom is -0.493 e. The van der Waals surface area contributed by atoms with Gasteiger partial charge in [-0.25, -0.2) is 4.79 Å². The number of carbonyl (C=O) groups excluding carboxylic acids is 1. The van der Waals surface area contributed by atoms with Crippen LogP contribution in [0.1, 0.15) is 41.3 Å². The van der Waals surface area contributed by atoms with E-state index in [1.165, 1.54) is 14.2 Å². The number of aliphatic hydroxyl groups excluding tert-OH is 1. The lowest BCUT2D eigenvalue weighted by Crippen LogP contribution is -2.41. The summed E-state index contributed by atoms with van der Waals surface area (Å²) in [5.74, 6) is 0.690.